The number of para-hydroxylation sites is 1. The van der Waals surface area contributed by atoms with Crippen LogP contribution in [0, 0.1) is 0 Å². The van der Waals surface area contributed by atoms with E-state index in [0.717, 1.165) is 25.7 Å². The Balaban J connectivity index is 1.88. The van der Waals surface area contributed by atoms with E-state index >= 15 is 0 Å². The third-order valence-corrected chi connectivity index (χ3v) is 6.25. The molecule has 0 bridgehead atoms. The van der Waals surface area contributed by atoms with Gasteiger partial charge >= 0.3 is 0 Å². The molecule has 0 atom stereocenters. The molecular weight excluding hydrogens is 440 g/mol. The van der Waals surface area contributed by atoms with Crippen molar-refractivity contribution in [2.24, 2.45) is 0 Å². The summed E-state index contributed by atoms with van der Waals surface area (Å²) in [7, 11) is 1.59. The lowest BCUT2D eigenvalue weighted by atomic mass is 10.1. The average Bonchev–Trinajstić information content (AvgIpc) is 2.87. The van der Waals surface area contributed by atoms with Gasteiger partial charge in [0.25, 0.3) is 5.91 Å². The van der Waals surface area contributed by atoms with Crippen LogP contribution in [0.3, 0.4) is 0 Å². The third-order valence-electron chi connectivity index (χ3n) is 6.25. The Bertz CT molecular complexity index is 1190. The zero-order valence-corrected chi connectivity index (χ0v) is 21.3. The van der Waals surface area contributed by atoms with Crippen LogP contribution in [-0.2, 0) is 0 Å². The van der Waals surface area contributed by atoms with Crippen molar-refractivity contribution in [1.82, 2.24) is 0 Å². The first-order chi connectivity index (χ1) is 16.6. The number of hydrogen-bond acceptors (Lipinski definition) is 5. The van der Waals surface area contributed by atoms with E-state index in [-0.39, 0.29) is 23.2 Å². The van der Waals surface area contributed by atoms with Crippen LogP contribution >= 0.6 is 0 Å². The molecule has 1 heterocycles. The van der Waals surface area contributed by atoms with E-state index < -0.39 is 0 Å². The monoisotopic (exact) mass is 476 g/mol. The molecule has 6 nitrogen and oxygen atoms in total. The van der Waals surface area contributed by atoms with Gasteiger partial charge in [-0.3, -0.25) is 4.79 Å². The maximum absolute atomic E-state index is 13.2. The quantitative estimate of drug-likeness (QED) is 0.359. The molecule has 0 fully saturated rings. The highest BCUT2D eigenvalue weighted by Crippen LogP contribution is 2.49. The van der Waals surface area contributed by atoms with Crippen LogP contribution in [0.15, 0.2) is 65.3 Å². The van der Waals surface area contributed by atoms with Gasteiger partial charge in [-0.05, 0) is 65.5 Å². The standard InChI is InChI=1S/C29H36N2O4/c1-19(2)9-6-10-20(3)11-7-12-21(4)15-16-31-27-23(13-8-14-25(27)33)29(35)30(5)24-17-22(32)18-26(34)28(24)31/h8-9,11,13-15,17-18,32-34H,6-7,10,12,16H2,1-5H3. The van der Waals surface area contributed by atoms with Gasteiger partial charge in [0.1, 0.15) is 22.9 Å². The van der Waals surface area contributed by atoms with E-state index in [4.69, 9.17) is 0 Å². The van der Waals surface area contributed by atoms with E-state index in [1.807, 2.05) is 0 Å². The second kappa shape index (κ2) is 11.2. The van der Waals surface area contributed by atoms with Crippen LogP contribution in [-0.4, -0.2) is 34.8 Å². The highest BCUT2D eigenvalue weighted by atomic mass is 16.3. The van der Waals surface area contributed by atoms with E-state index in [0.29, 0.717) is 29.2 Å². The Hall–Kier alpha value is -3.67. The third kappa shape index (κ3) is 6.07. The lowest BCUT2D eigenvalue weighted by Crippen LogP contribution is -2.25. The number of carbonyl (C=O) groups is 1. The second-order valence-electron chi connectivity index (χ2n) is 9.44. The first kappa shape index (κ1) is 25.9. The molecule has 0 unspecified atom stereocenters. The molecule has 0 saturated heterocycles. The highest BCUT2D eigenvalue weighted by molar-refractivity contribution is 6.15. The number of phenols is 3. The second-order valence-corrected chi connectivity index (χ2v) is 9.44. The summed E-state index contributed by atoms with van der Waals surface area (Å²) in [6, 6.07) is 7.50. The molecule has 3 N–H and O–H groups in total. The minimum absolute atomic E-state index is 0.0504. The molecule has 1 amide bonds. The number of carbonyl (C=O) groups excluding carboxylic acids is 1. The molecule has 0 aliphatic carbocycles. The smallest absolute Gasteiger partial charge is 0.260 e. The Labute approximate surface area is 208 Å². The van der Waals surface area contributed by atoms with Gasteiger partial charge in [0.05, 0.1) is 16.9 Å². The zero-order chi connectivity index (χ0) is 25.7. The summed E-state index contributed by atoms with van der Waals surface area (Å²) >= 11 is 0. The molecule has 1 aliphatic rings. The molecule has 1 aliphatic heterocycles. The number of hydrogen-bond donors (Lipinski definition) is 3. The van der Waals surface area contributed by atoms with Gasteiger partial charge in [0, 0.05) is 25.7 Å². The maximum Gasteiger partial charge on any atom is 0.260 e. The molecule has 2 aromatic carbocycles. The lowest BCUT2D eigenvalue weighted by Gasteiger charge is -2.27. The van der Waals surface area contributed by atoms with Crippen molar-refractivity contribution in [3.05, 3.63) is 70.8 Å². The molecule has 0 radical (unpaired) electrons. The number of benzene rings is 2. The molecule has 35 heavy (non-hydrogen) atoms. The zero-order valence-electron chi connectivity index (χ0n) is 21.3. The van der Waals surface area contributed by atoms with Crippen molar-refractivity contribution in [3.63, 3.8) is 0 Å². The van der Waals surface area contributed by atoms with Crippen molar-refractivity contribution in [3.8, 4) is 17.2 Å². The summed E-state index contributed by atoms with van der Waals surface area (Å²) in [6.45, 7) is 8.79. The van der Waals surface area contributed by atoms with Gasteiger partial charge in [-0.2, -0.15) is 0 Å². The number of fused-ring (bicyclic) bond motifs is 2. The fourth-order valence-corrected chi connectivity index (χ4v) is 4.28. The number of aromatic hydroxyl groups is 3. The first-order valence-corrected chi connectivity index (χ1v) is 12.0. The summed E-state index contributed by atoms with van der Waals surface area (Å²) in [4.78, 5) is 16.3. The average molecular weight is 477 g/mol. The van der Waals surface area contributed by atoms with Crippen LogP contribution < -0.4 is 9.80 Å². The normalized spacial score (nSPS) is 13.9. The van der Waals surface area contributed by atoms with Crippen LogP contribution in [0.4, 0.5) is 17.1 Å². The summed E-state index contributed by atoms with van der Waals surface area (Å²) in [5.41, 5.74) is 5.27. The molecule has 6 heteroatoms. The Morgan fingerprint density at radius 3 is 2.20 bits per heavy atom. The van der Waals surface area contributed by atoms with Gasteiger partial charge in [-0.1, -0.05) is 41.0 Å². The number of nitrogens with zero attached hydrogens (tertiary/aromatic N) is 2. The van der Waals surface area contributed by atoms with Crippen LogP contribution in [0.2, 0.25) is 0 Å². The lowest BCUT2D eigenvalue weighted by molar-refractivity contribution is 0.0994. The molecule has 0 saturated carbocycles. The van der Waals surface area contributed by atoms with Crippen molar-refractivity contribution in [2.45, 2.75) is 53.4 Å². The summed E-state index contributed by atoms with van der Waals surface area (Å²) in [6.07, 6.45) is 10.5. The maximum atomic E-state index is 13.2. The molecule has 0 spiro atoms. The summed E-state index contributed by atoms with van der Waals surface area (Å²) in [5.74, 6) is -0.698. The van der Waals surface area contributed by atoms with E-state index in [2.05, 4.69) is 45.9 Å². The van der Waals surface area contributed by atoms with Gasteiger partial charge in [0.15, 0.2) is 0 Å². The number of phenolic OH excluding ortho intramolecular Hbond substituents is 3. The van der Waals surface area contributed by atoms with Crippen LogP contribution in [0.25, 0.3) is 0 Å². The van der Waals surface area contributed by atoms with Gasteiger partial charge in [-0.25, -0.2) is 0 Å². The van der Waals surface area contributed by atoms with Gasteiger partial charge in [0.2, 0.25) is 0 Å². The number of rotatable bonds is 8. The largest absolute Gasteiger partial charge is 0.508 e. The SMILES string of the molecule is CC(C)=CCCC(C)=CCCC(C)=CCN1c2c(O)cccc2C(=O)N(C)c2cc(O)cc(O)c21. The topological polar surface area (TPSA) is 84.2 Å². The van der Waals surface area contributed by atoms with Crippen LogP contribution in [0.1, 0.15) is 63.7 Å². The minimum atomic E-state index is -0.334. The molecule has 2 aromatic rings. The van der Waals surface area contributed by atoms with E-state index in [1.54, 1.807) is 24.1 Å². The van der Waals surface area contributed by atoms with Crippen molar-refractivity contribution >= 4 is 23.0 Å². The summed E-state index contributed by atoms with van der Waals surface area (Å²) < 4.78 is 0. The van der Waals surface area contributed by atoms with Crippen molar-refractivity contribution in [1.29, 1.82) is 0 Å². The summed E-state index contributed by atoms with van der Waals surface area (Å²) in [5, 5.41) is 31.6. The number of anilines is 3. The highest BCUT2D eigenvalue weighted by Gasteiger charge is 2.33. The first-order valence-electron chi connectivity index (χ1n) is 12.0. The molecule has 3 rings (SSSR count). The predicted octanol–water partition coefficient (Wildman–Crippen LogP) is 6.95. The van der Waals surface area contributed by atoms with Crippen LogP contribution in [0.5, 0.6) is 17.2 Å². The molecular formula is C29H36N2O4. The molecule has 0 aromatic heterocycles. The minimum Gasteiger partial charge on any atom is -0.508 e. The van der Waals surface area contributed by atoms with Crippen molar-refractivity contribution < 1.29 is 20.1 Å². The Morgan fingerprint density at radius 2 is 1.51 bits per heavy atom. The van der Waals surface area contributed by atoms with Gasteiger partial charge in [-0.15, -0.1) is 0 Å². The Kier molecular flexibility index (Phi) is 8.28. The fourth-order valence-electron chi connectivity index (χ4n) is 4.28. The fraction of sp³-hybridized carbons (Fsp3) is 0.345. The predicted molar refractivity (Wildman–Crippen MR) is 143 cm³/mol. The van der Waals surface area contributed by atoms with E-state index in [1.165, 1.54) is 39.8 Å². The number of amides is 1. The van der Waals surface area contributed by atoms with Crippen molar-refractivity contribution in [2.75, 3.05) is 23.4 Å². The van der Waals surface area contributed by atoms with E-state index in [9.17, 15) is 20.1 Å². The van der Waals surface area contributed by atoms with Gasteiger partial charge < -0.3 is 25.1 Å². The Morgan fingerprint density at radius 1 is 0.857 bits per heavy atom. The molecule has 186 valence electrons. The number of allylic oxidation sites excluding steroid dienone is 5.